The van der Waals surface area contributed by atoms with Crippen LogP contribution in [0.25, 0.3) is 0 Å². The van der Waals surface area contributed by atoms with Gasteiger partial charge >= 0.3 is 6.18 Å². The van der Waals surface area contributed by atoms with E-state index in [1.807, 2.05) is 0 Å². The van der Waals surface area contributed by atoms with Crippen LogP contribution < -0.4 is 15.5 Å². The quantitative estimate of drug-likeness (QED) is 0.845. The van der Waals surface area contributed by atoms with Gasteiger partial charge in [-0.25, -0.2) is 0 Å². The molecule has 4 nitrogen and oxygen atoms in total. The number of likely N-dealkylation sites (N-methyl/N-ethyl adjacent to an activating group) is 2. The molecule has 0 aromatic heterocycles. The van der Waals surface area contributed by atoms with Crippen LogP contribution >= 0.6 is 0 Å². The summed E-state index contributed by atoms with van der Waals surface area (Å²) >= 11 is 0. The van der Waals surface area contributed by atoms with Gasteiger partial charge in [0.15, 0.2) is 0 Å². The molecule has 7 heteroatoms. The molecule has 0 spiro atoms. The van der Waals surface area contributed by atoms with Gasteiger partial charge in [-0.15, -0.1) is 0 Å². The largest absolute Gasteiger partial charge is 0.416 e. The first-order chi connectivity index (χ1) is 9.83. The Morgan fingerprint density at radius 3 is 2.43 bits per heavy atom. The number of halogens is 3. The van der Waals surface area contributed by atoms with Crippen molar-refractivity contribution in [3.8, 4) is 0 Å². The second kappa shape index (κ2) is 7.31. The third-order valence-electron chi connectivity index (χ3n) is 3.13. The van der Waals surface area contributed by atoms with Gasteiger partial charge in [0, 0.05) is 25.8 Å². The van der Waals surface area contributed by atoms with Crippen LogP contribution in [0.2, 0.25) is 0 Å². The number of benzene rings is 1. The minimum Gasteiger partial charge on any atom is -0.362 e. The molecule has 0 atom stereocenters. The average Bonchev–Trinajstić information content (AvgIpc) is 2.44. The van der Waals surface area contributed by atoms with E-state index >= 15 is 0 Å². The number of anilines is 1. The fourth-order valence-electron chi connectivity index (χ4n) is 2.01. The monoisotopic (exact) mass is 303 g/mol. The molecule has 1 rings (SSSR count). The topological polar surface area (TPSA) is 44.4 Å². The molecule has 118 valence electrons. The molecule has 21 heavy (non-hydrogen) atoms. The lowest BCUT2D eigenvalue weighted by Crippen LogP contribution is -2.35. The summed E-state index contributed by atoms with van der Waals surface area (Å²) in [6.45, 7) is 2.39. The van der Waals surface area contributed by atoms with Crippen molar-refractivity contribution in [3.63, 3.8) is 0 Å². The summed E-state index contributed by atoms with van der Waals surface area (Å²) in [4.78, 5) is 13.0. The van der Waals surface area contributed by atoms with E-state index in [-0.39, 0.29) is 24.6 Å². The molecular formula is C14H20F3N3O. The number of hydrogen-bond acceptors (Lipinski definition) is 3. The smallest absolute Gasteiger partial charge is 0.362 e. The molecule has 0 saturated carbocycles. The maximum atomic E-state index is 13.1. The highest BCUT2D eigenvalue weighted by Gasteiger charge is 2.33. The molecular weight excluding hydrogens is 283 g/mol. The number of hydrogen-bond donors (Lipinski definition) is 2. The van der Waals surface area contributed by atoms with Crippen molar-refractivity contribution < 1.29 is 18.0 Å². The Bertz CT molecular complexity index is 489. The SMILES string of the molecule is CCN(CC(=O)NC)c1ccc(CNC)c(C(F)(F)F)c1. The normalized spacial score (nSPS) is 11.3. The first-order valence-electron chi connectivity index (χ1n) is 6.63. The highest BCUT2D eigenvalue weighted by Crippen LogP contribution is 2.34. The molecule has 0 aliphatic heterocycles. The number of carbonyl (C=O) groups is 1. The zero-order valence-electron chi connectivity index (χ0n) is 12.3. The zero-order valence-corrected chi connectivity index (χ0v) is 12.3. The van der Waals surface area contributed by atoms with E-state index in [1.54, 1.807) is 24.9 Å². The number of rotatable bonds is 6. The lowest BCUT2D eigenvalue weighted by molar-refractivity contribution is -0.138. The summed E-state index contributed by atoms with van der Waals surface area (Å²) in [7, 11) is 3.09. The van der Waals surface area contributed by atoms with Crippen LogP contribution in [0.5, 0.6) is 0 Å². The third-order valence-corrected chi connectivity index (χ3v) is 3.13. The Morgan fingerprint density at radius 2 is 1.95 bits per heavy atom. The molecule has 0 unspecified atom stereocenters. The molecule has 0 aliphatic rings. The lowest BCUT2D eigenvalue weighted by Gasteiger charge is -2.24. The highest BCUT2D eigenvalue weighted by molar-refractivity contribution is 5.81. The number of alkyl halides is 3. The van der Waals surface area contributed by atoms with E-state index in [4.69, 9.17) is 0 Å². The van der Waals surface area contributed by atoms with Gasteiger partial charge in [0.1, 0.15) is 0 Å². The van der Waals surface area contributed by atoms with Gasteiger partial charge in [-0.2, -0.15) is 13.2 Å². The summed E-state index contributed by atoms with van der Waals surface area (Å²) in [6.07, 6.45) is -4.42. The molecule has 0 saturated heterocycles. The summed E-state index contributed by atoms with van der Waals surface area (Å²) < 4.78 is 39.4. The van der Waals surface area contributed by atoms with E-state index in [1.165, 1.54) is 13.1 Å². The Balaban J connectivity index is 3.16. The van der Waals surface area contributed by atoms with Crippen molar-refractivity contribution in [2.24, 2.45) is 0 Å². The highest BCUT2D eigenvalue weighted by atomic mass is 19.4. The van der Waals surface area contributed by atoms with Gasteiger partial charge in [0.25, 0.3) is 0 Å². The number of nitrogens with zero attached hydrogens (tertiary/aromatic N) is 1. The fourth-order valence-corrected chi connectivity index (χ4v) is 2.01. The van der Waals surface area contributed by atoms with Crippen LogP contribution in [0.1, 0.15) is 18.1 Å². The Hall–Kier alpha value is -1.76. The molecule has 1 aromatic rings. The standard InChI is InChI=1S/C14H20F3N3O/c1-4-20(9-13(21)19-3)11-6-5-10(8-18-2)12(7-11)14(15,16)17/h5-7,18H,4,8-9H2,1-3H3,(H,19,21). The number of amides is 1. The van der Waals surface area contributed by atoms with Crippen LogP contribution in [0, 0.1) is 0 Å². The zero-order chi connectivity index (χ0) is 16.0. The molecule has 0 heterocycles. The van der Waals surface area contributed by atoms with Gasteiger partial charge in [-0.05, 0) is 31.7 Å². The Morgan fingerprint density at radius 1 is 1.29 bits per heavy atom. The van der Waals surface area contributed by atoms with Gasteiger partial charge in [0.2, 0.25) is 5.91 Å². The number of nitrogens with one attached hydrogen (secondary N) is 2. The first-order valence-corrected chi connectivity index (χ1v) is 6.63. The van der Waals surface area contributed by atoms with Crippen LogP contribution in [-0.4, -0.2) is 33.1 Å². The second-order valence-corrected chi connectivity index (χ2v) is 4.56. The summed E-state index contributed by atoms with van der Waals surface area (Å²) in [6, 6.07) is 4.15. The van der Waals surface area contributed by atoms with Crippen molar-refractivity contribution in [3.05, 3.63) is 29.3 Å². The van der Waals surface area contributed by atoms with Gasteiger partial charge in [-0.1, -0.05) is 6.07 Å². The predicted octanol–water partition coefficient (Wildman–Crippen LogP) is 2.00. The Kier molecular flexibility index (Phi) is 6.02. The van der Waals surface area contributed by atoms with E-state index in [9.17, 15) is 18.0 Å². The van der Waals surface area contributed by atoms with E-state index in [2.05, 4.69) is 10.6 Å². The van der Waals surface area contributed by atoms with Crippen LogP contribution in [0.3, 0.4) is 0 Å². The molecule has 0 fully saturated rings. The molecule has 0 aliphatic carbocycles. The lowest BCUT2D eigenvalue weighted by atomic mass is 10.1. The maximum absolute atomic E-state index is 13.1. The van der Waals surface area contributed by atoms with Gasteiger partial charge in [-0.3, -0.25) is 4.79 Å². The second-order valence-electron chi connectivity index (χ2n) is 4.56. The first kappa shape index (κ1) is 17.3. The third kappa shape index (κ3) is 4.63. The summed E-state index contributed by atoms with van der Waals surface area (Å²) in [5.41, 5.74) is -0.109. The van der Waals surface area contributed by atoms with Crippen molar-refractivity contribution in [1.29, 1.82) is 0 Å². The molecule has 0 radical (unpaired) electrons. The summed E-state index contributed by atoms with van der Waals surface area (Å²) in [5.74, 6) is -0.246. The van der Waals surface area contributed by atoms with Crippen LogP contribution in [0.4, 0.5) is 18.9 Å². The predicted molar refractivity (Wildman–Crippen MR) is 76.2 cm³/mol. The van der Waals surface area contributed by atoms with E-state index in [0.29, 0.717) is 12.2 Å². The van der Waals surface area contributed by atoms with Crippen molar-refractivity contribution in [2.75, 3.05) is 32.1 Å². The number of carbonyl (C=O) groups excluding carboxylic acids is 1. The van der Waals surface area contributed by atoms with Gasteiger partial charge < -0.3 is 15.5 Å². The average molecular weight is 303 g/mol. The van der Waals surface area contributed by atoms with E-state index < -0.39 is 11.7 Å². The summed E-state index contributed by atoms with van der Waals surface area (Å²) in [5, 5.41) is 5.19. The van der Waals surface area contributed by atoms with E-state index in [0.717, 1.165) is 6.07 Å². The van der Waals surface area contributed by atoms with Crippen LogP contribution in [-0.2, 0) is 17.5 Å². The Labute approximate surface area is 122 Å². The van der Waals surface area contributed by atoms with Crippen molar-refractivity contribution in [2.45, 2.75) is 19.6 Å². The fraction of sp³-hybridized carbons (Fsp3) is 0.500. The van der Waals surface area contributed by atoms with Crippen LogP contribution in [0.15, 0.2) is 18.2 Å². The maximum Gasteiger partial charge on any atom is 0.416 e. The van der Waals surface area contributed by atoms with Gasteiger partial charge in [0.05, 0.1) is 12.1 Å². The molecule has 1 aromatic carbocycles. The molecule has 1 amide bonds. The molecule has 0 bridgehead atoms. The minimum atomic E-state index is -4.42. The molecule has 2 N–H and O–H groups in total. The van der Waals surface area contributed by atoms with Crippen molar-refractivity contribution >= 4 is 11.6 Å². The minimum absolute atomic E-state index is 0.0235. The van der Waals surface area contributed by atoms with Crippen molar-refractivity contribution in [1.82, 2.24) is 10.6 Å².